The predicted molar refractivity (Wildman–Crippen MR) is 52.9 cm³/mol. The fourth-order valence-electron chi connectivity index (χ4n) is 1.09. The second-order valence-electron chi connectivity index (χ2n) is 2.46. The van der Waals surface area contributed by atoms with Crippen molar-refractivity contribution in [1.82, 2.24) is 4.98 Å². The number of aromatic nitrogens is 1. The molecule has 0 fully saturated rings. The molecular weight excluding hydrogens is 148 g/mol. The first kappa shape index (κ1) is 8.53. The first-order chi connectivity index (χ1) is 5.36. The molecule has 2 aromatic rings. The third-order valence-electron chi connectivity index (χ3n) is 1.63. The third kappa shape index (κ3) is 1.37. The Morgan fingerprint density at radius 3 is 2.83 bits per heavy atom. The number of pyridine rings is 1. The molecule has 0 saturated carbocycles. The molecule has 1 aromatic heterocycles. The van der Waals surface area contributed by atoms with Crippen molar-refractivity contribution < 1.29 is 0 Å². The van der Waals surface area contributed by atoms with Gasteiger partial charge in [-0.15, -0.1) is 0 Å². The van der Waals surface area contributed by atoms with Gasteiger partial charge in [-0.25, -0.2) is 0 Å². The topological polar surface area (TPSA) is 38.9 Å². The molecule has 62 valence electrons. The van der Waals surface area contributed by atoms with Crippen LogP contribution in [0.5, 0.6) is 0 Å². The van der Waals surface area contributed by atoms with E-state index in [4.69, 9.17) is 5.73 Å². The largest absolute Gasteiger partial charge is 0.399 e. The van der Waals surface area contributed by atoms with Crippen molar-refractivity contribution >= 4 is 16.6 Å². The van der Waals surface area contributed by atoms with E-state index in [0.717, 1.165) is 16.6 Å². The van der Waals surface area contributed by atoms with E-state index in [1.54, 1.807) is 6.20 Å². The number of hydrogen-bond acceptors (Lipinski definition) is 2. The molecule has 0 spiro atoms. The van der Waals surface area contributed by atoms with Gasteiger partial charge in [-0.05, 0) is 24.3 Å². The molecule has 0 bridgehead atoms. The molecule has 0 atom stereocenters. The fraction of sp³-hybridized carbons (Fsp3) is 0.100. The summed E-state index contributed by atoms with van der Waals surface area (Å²) in [5, 5.41) is 1.09. The number of anilines is 1. The standard InChI is InChI=1S/C9H8N2.CH4/c10-8-3-4-9-7(6-8)2-1-5-11-9;/h1-6H,10H2;1H4. The lowest BCUT2D eigenvalue weighted by Crippen LogP contribution is -1.84. The molecule has 12 heavy (non-hydrogen) atoms. The number of benzene rings is 1. The number of hydrogen-bond donors (Lipinski definition) is 1. The lowest BCUT2D eigenvalue weighted by Gasteiger charge is -1.96. The van der Waals surface area contributed by atoms with Crippen molar-refractivity contribution in [2.45, 2.75) is 7.43 Å². The Balaban J connectivity index is 0.000000720. The van der Waals surface area contributed by atoms with Crippen LogP contribution < -0.4 is 5.73 Å². The summed E-state index contributed by atoms with van der Waals surface area (Å²) in [7, 11) is 0. The van der Waals surface area contributed by atoms with Crippen LogP contribution in [0.4, 0.5) is 5.69 Å². The normalized spacial score (nSPS) is 9.33. The summed E-state index contributed by atoms with van der Waals surface area (Å²) in [6, 6.07) is 9.60. The number of nitrogens with two attached hydrogens (primary N) is 1. The van der Waals surface area contributed by atoms with Crippen LogP contribution >= 0.6 is 0 Å². The van der Waals surface area contributed by atoms with E-state index in [1.165, 1.54) is 0 Å². The molecule has 0 aliphatic heterocycles. The summed E-state index contributed by atoms with van der Waals surface area (Å²) < 4.78 is 0. The highest BCUT2D eigenvalue weighted by atomic mass is 14.6. The first-order valence-corrected chi connectivity index (χ1v) is 3.46. The monoisotopic (exact) mass is 160 g/mol. The summed E-state index contributed by atoms with van der Waals surface area (Å²) in [4.78, 5) is 4.17. The maximum atomic E-state index is 5.60. The van der Waals surface area contributed by atoms with Crippen molar-refractivity contribution in [1.29, 1.82) is 0 Å². The zero-order valence-electron chi connectivity index (χ0n) is 5.99. The van der Waals surface area contributed by atoms with Crippen molar-refractivity contribution in [3.05, 3.63) is 36.5 Å². The van der Waals surface area contributed by atoms with Gasteiger partial charge in [-0.2, -0.15) is 0 Å². The average molecular weight is 160 g/mol. The van der Waals surface area contributed by atoms with E-state index in [1.807, 2.05) is 30.3 Å². The zero-order chi connectivity index (χ0) is 7.68. The summed E-state index contributed by atoms with van der Waals surface area (Å²) in [6.45, 7) is 0. The highest BCUT2D eigenvalue weighted by molar-refractivity contribution is 5.81. The summed E-state index contributed by atoms with van der Waals surface area (Å²) in [5.41, 5.74) is 7.37. The van der Waals surface area contributed by atoms with Crippen molar-refractivity contribution in [2.24, 2.45) is 0 Å². The summed E-state index contributed by atoms with van der Waals surface area (Å²) in [5.74, 6) is 0. The molecule has 2 rings (SSSR count). The van der Waals surface area contributed by atoms with Crippen molar-refractivity contribution in [3.8, 4) is 0 Å². The number of nitrogen functional groups attached to an aromatic ring is 1. The molecule has 0 aliphatic carbocycles. The lowest BCUT2D eigenvalue weighted by molar-refractivity contribution is 1.41. The predicted octanol–water partition coefficient (Wildman–Crippen LogP) is 2.45. The van der Waals surface area contributed by atoms with E-state index >= 15 is 0 Å². The van der Waals surface area contributed by atoms with Crippen LogP contribution in [0.1, 0.15) is 7.43 Å². The van der Waals surface area contributed by atoms with Gasteiger partial charge in [0, 0.05) is 17.3 Å². The number of rotatable bonds is 0. The minimum absolute atomic E-state index is 0. The second-order valence-corrected chi connectivity index (χ2v) is 2.46. The summed E-state index contributed by atoms with van der Waals surface area (Å²) in [6.07, 6.45) is 1.78. The Morgan fingerprint density at radius 2 is 2.00 bits per heavy atom. The van der Waals surface area contributed by atoms with Crippen LogP contribution in [-0.4, -0.2) is 4.98 Å². The van der Waals surface area contributed by atoms with Crippen LogP contribution in [0.3, 0.4) is 0 Å². The Kier molecular flexibility index (Phi) is 2.29. The SMILES string of the molecule is C.Nc1ccc2ncccc2c1. The van der Waals surface area contributed by atoms with Gasteiger partial charge in [0.2, 0.25) is 0 Å². The Bertz CT molecular complexity index is 382. The quantitative estimate of drug-likeness (QED) is 0.601. The van der Waals surface area contributed by atoms with Crippen LogP contribution in [0, 0.1) is 0 Å². The molecule has 2 heteroatoms. The Morgan fingerprint density at radius 1 is 1.17 bits per heavy atom. The third-order valence-corrected chi connectivity index (χ3v) is 1.63. The zero-order valence-corrected chi connectivity index (χ0v) is 5.99. The van der Waals surface area contributed by atoms with Gasteiger partial charge in [-0.1, -0.05) is 13.5 Å². The van der Waals surface area contributed by atoms with E-state index < -0.39 is 0 Å². The molecule has 0 unspecified atom stereocenters. The lowest BCUT2D eigenvalue weighted by atomic mass is 10.2. The van der Waals surface area contributed by atoms with Gasteiger partial charge in [0.15, 0.2) is 0 Å². The Hall–Kier alpha value is -1.57. The van der Waals surface area contributed by atoms with E-state index in [-0.39, 0.29) is 7.43 Å². The maximum absolute atomic E-state index is 5.60. The van der Waals surface area contributed by atoms with E-state index in [0.29, 0.717) is 0 Å². The van der Waals surface area contributed by atoms with Crippen LogP contribution in [-0.2, 0) is 0 Å². The highest BCUT2D eigenvalue weighted by Gasteiger charge is 1.91. The van der Waals surface area contributed by atoms with Crippen LogP contribution in [0.25, 0.3) is 10.9 Å². The fourth-order valence-corrected chi connectivity index (χ4v) is 1.09. The molecule has 1 heterocycles. The molecule has 0 amide bonds. The molecule has 0 radical (unpaired) electrons. The van der Waals surface area contributed by atoms with Gasteiger partial charge >= 0.3 is 0 Å². The first-order valence-electron chi connectivity index (χ1n) is 3.46. The number of fused-ring (bicyclic) bond motifs is 1. The minimum atomic E-state index is 0. The smallest absolute Gasteiger partial charge is 0.0703 e. The second kappa shape index (κ2) is 3.22. The van der Waals surface area contributed by atoms with Gasteiger partial charge in [0.05, 0.1) is 5.52 Å². The number of nitrogens with zero attached hydrogens (tertiary/aromatic N) is 1. The summed E-state index contributed by atoms with van der Waals surface area (Å²) >= 11 is 0. The van der Waals surface area contributed by atoms with Crippen molar-refractivity contribution in [3.63, 3.8) is 0 Å². The molecule has 0 saturated heterocycles. The minimum Gasteiger partial charge on any atom is -0.399 e. The van der Waals surface area contributed by atoms with Gasteiger partial charge in [0.1, 0.15) is 0 Å². The van der Waals surface area contributed by atoms with Gasteiger partial charge in [-0.3, -0.25) is 4.98 Å². The van der Waals surface area contributed by atoms with E-state index in [2.05, 4.69) is 4.98 Å². The van der Waals surface area contributed by atoms with Crippen LogP contribution in [0.2, 0.25) is 0 Å². The molecular formula is C10H12N2. The van der Waals surface area contributed by atoms with E-state index in [9.17, 15) is 0 Å². The van der Waals surface area contributed by atoms with Crippen LogP contribution in [0.15, 0.2) is 36.5 Å². The average Bonchev–Trinajstić information content (AvgIpc) is 2.04. The molecule has 1 aromatic carbocycles. The maximum Gasteiger partial charge on any atom is 0.0703 e. The molecule has 2 N–H and O–H groups in total. The molecule has 0 aliphatic rings. The molecule has 2 nitrogen and oxygen atoms in total. The highest BCUT2D eigenvalue weighted by Crippen LogP contribution is 2.13. The Labute approximate surface area is 72.0 Å². The van der Waals surface area contributed by atoms with Gasteiger partial charge in [0.25, 0.3) is 0 Å². The van der Waals surface area contributed by atoms with Crippen molar-refractivity contribution in [2.75, 3.05) is 5.73 Å². The van der Waals surface area contributed by atoms with Gasteiger partial charge < -0.3 is 5.73 Å².